The number of esters is 1. The molecular weight excluding hydrogens is 290 g/mol. The maximum Gasteiger partial charge on any atom is 0.306 e. The summed E-state index contributed by atoms with van der Waals surface area (Å²) in [6.45, 7) is 3.60. The number of non-ortho nitro benzene ring substituents is 1. The molecule has 1 aliphatic heterocycles. The Morgan fingerprint density at radius 1 is 1.41 bits per heavy atom. The third-order valence-corrected chi connectivity index (χ3v) is 3.25. The predicted octanol–water partition coefficient (Wildman–Crippen LogP) is 1.89. The third kappa shape index (κ3) is 3.11. The minimum absolute atomic E-state index is 0.0640. The van der Waals surface area contributed by atoms with Crippen LogP contribution < -0.4 is 5.01 Å². The first kappa shape index (κ1) is 15.6. The second-order valence-electron chi connectivity index (χ2n) is 4.73. The van der Waals surface area contributed by atoms with Crippen LogP contribution in [0.4, 0.5) is 11.4 Å². The lowest BCUT2D eigenvalue weighted by molar-refractivity contribution is -0.384. The first-order valence-electron chi connectivity index (χ1n) is 6.73. The van der Waals surface area contributed by atoms with Crippen molar-refractivity contribution in [3.8, 4) is 0 Å². The van der Waals surface area contributed by atoms with Crippen molar-refractivity contribution in [2.24, 2.45) is 11.0 Å². The van der Waals surface area contributed by atoms with E-state index in [0.29, 0.717) is 11.4 Å². The largest absolute Gasteiger partial charge is 0.466 e. The van der Waals surface area contributed by atoms with Crippen LogP contribution in [0.5, 0.6) is 0 Å². The van der Waals surface area contributed by atoms with Crippen LogP contribution in [0.15, 0.2) is 29.4 Å². The summed E-state index contributed by atoms with van der Waals surface area (Å²) in [7, 11) is 0. The molecule has 1 aromatic carbocycles. The number of amides is 1. The van der Waals surface area contributed by atoms with Gasteiger partial charge in [0.1, 0.15) is 0 Å². The van der Waals surface area contributed by atoms with Crippen molar-refractivity contribution in [3.63, 3.8) is 0 Å². The van der Waals surface area contributed by atoms with Crippen molar-refractivity contribution in [3.05, 3.63) is 34.4 Å². The second-order valence-corrected chi connectivity index (χ2v) is 4.73. The van der Waals surface area contributed by atoms with E-state index in [2.05, 4.69) is 5.10 Å². The Kier molecular flexibility index (Phi) is 4.50. The minimum Gasteiger partial charge on any atom is -0.466 e. The van der Waals surface area contributed by atoms with E-state index in [4.69, 9.17) is 4.74 Å². The molecule has 2 rings (SSSR count). The number of nitro benzene ring substituents is 1. The topological polar surface area (TPSA) is 102 Å². The maximum atomic E-state index is 12.3. The average molecular weight is 305 g/mol. The Morgan fingerprint density at radius 3 is 2.59 bits per heavy atom. The lowest BCUT2D eigenvalue weighted by Crippen LogP contribution is -2.29. The highest BCUT2D eigenvalue weighted by Crippen LogP contribution is 2.27. The van der Waals surface area contributed by atoms with Crippen LogP contribution in [0.25, 0.3) is 0 Å². The Hall–Kier alpha value is -2.77. The number of ether oxygens (including phenoxy) is 1. The highest BCUT2D eigenvalue weighted by molar-refractivity contribution is 6.16. The van der Waals surface area contributed by atoms with Gasteiger partial charge in [-0.15, -0.1) is 0 Å². The number of hydrazone groups is 1. The minimum atomic E-state index is -0.658. The number of benzene rings is 1. The van der Waals surface area contributed by atoms with Gasteiger partial charge in [0, 0.05) is 17.8 Å². The number of carbonyl (C=O) groups excluding carboxylic acids is 2. The zero-order valence-corrected chi connectivity index (χ0v) is 12.2. The smallest absolute Gasteiger partial charge is 0.306 e. The third-order valence-electron chi connectivity index (χ3n) is 3.25. The Balaban J connectivity index is 2.15. The molecule has 8 heteroatoms. The van der Waals surface area contributed by atoms with Crippen LogP contribution in [0.1, 0.15) is 20.3 Å². The van der Waals surface area contributed by atoms with Gasteiger partial charge in [-0.2, -0.15) is 5.10 Å². The summed E-state index contributed by atoms with van der Waals surface area (Å²) in [5.74, 6) is -1.46. The molecule has 0 saturated carbocycles. The predicted molar refractivity (Wildman–Crippen MR) is 78.4 cm³/mol. The number of nitro groups is 1. The van der Waals surface area contributed by atoms with E-state index < -0.39 is 16.8 Å². The summed E-state index contributed by atoms with van der Waals surface area (Å²) in [5.41, 5.74) is 0.858. The van der Waals surface area contributed by atoms with Crippen molar-refractivity contribution < 1.29 is 19.2 Å². The monoisotopic (exact) mass is 305 g/mol. The average Bonchev–Trinajstić information content (AvgIpc) is 2.76. The fourth-order valence-electron chi connectivity index (χ4n) is 2.13. The molecule has 1 amide bonds. The van der Waals surface area contributed by atoms with Gasteiger partial charge in [0.15, 0.2) is 0 Å². The van der Waals surface area contributed by atoms with Crippen LogP contribution in [-0.2, 0) is 14.3 Å². The van der Waals surface area contributed by atoms with Gasteiger partial charge in [-0.05, 0) is 26.0 Å². The summed E-state index contributed by atoms with van der Waals surface area (Å²) in [6.07, 6.45) is -0.0640. The zero-order valence-electron chi connectivity index (χ0n) is 12.2. The molecule has 1 heterocycles. The SMILES string of the molecule is CCOC(=O)CC1C(=O)N(c2ccc([N+](=O)[O-])cc2)N=C1C. The normalized spacial score (nSPS) is 17.4. The van der Waals surface area contributed by atoms with Gasteiger partial charge < -0.3 is 4.74 Å². The fraction of sp³-hybridized carbons (Fsp3) is 0.357. The van der Waals surface area contributed by atoms with Crippen molar-refractivity contribution in [2.75, 3.05) is 11.6 Å². The Morgan fingerprint density at radius 2 is 2.05 bits per heavy atom. The van der Waals surface area contributed by atoms with E-state index in [1.807, 2.05) is 0 Å². The number of carbonyl (C=O) groups is 2. The number of nitrogens with zero attached hydrogens (tertiary/aromatic N) is 3. The molecule has 1 aliphatic rings. The molecule has 1 aromatic rings. The van der Waals surface area contributed by atoms with E-state index >= 15 is 0 Å². The van der Waals surface area contributed by atoms with Gasteiger partial charge >= 0.3 is 5.97 Å². The van der Waals surface area contributed by atoms with Crippen molar-refractivity contribution in [1.82, 2.24) is 0 Å². The zero-order chi connectivity index (χ0) is 16.3. The number of hydrogen-bond donors (Lipinski definition) is 0. The molecule has 1 atom stereocenters. The van der Waals surface area contributed by atoms with E-state index in [-0.39, 0.29) is 24.6 Å². The summed E-state index contributed by atoms with van der Waals surface area (Å²) >= 11 is 0. The first-order valence-corrected chi connectivity index (χ1v) is 6.73. The lowest BCUT2D eigenvalue weighted by Gasteiger charge is -2.13. The quantitative estimate of drug-likeness (QED) is 0.469. The van der Waals surface area contributed by atoms with Gasteiger partial charge in [-0.1, -0.05) is 0 Å². The van der Waals surface area contributed by atoms with Crippen LogP contribution >= 0.6 is 0 Å². The highest BCUT2D eigenvalue weighted by atomic mass is 16.6. The molecular formula is C14H15N3O5. The van der Waals surface area contributed by atoms with Crippen LogP contribution in [0.2, 0.25) is 0 Å². The molecule has 0 aliphatic carbocycles. The molecule has 8 nitrogen and oxygen atoms in total. The number of hydrogen-bond acceptors (Lipinski definition) is 6. The van der Waals surface area contributed by atoms with Gasteiger partial charge in [0.05, 0.1) is 29.6 Å². The number of rotatable bonds is 5. The molecule has 116 valence electrons. The summed E-state index contributed by atoms with van der Waals surface area (Å²) in [5, 5.41) is 15.9. The molecule has 1 unspecified atom stereocenters. The van der Waals surface area contributed by atoms with Gasteiger partial charge in [0.2, 0.25) is 0 Å². The lowest BCUT2D eigenvalue weighted by atomic mass is 10.0. The molecule has 0 bridgehead atoms. The molecule has 0 N–H and O–H groups in total. The van der Waals surface area contributed by atoms with Gasteiger partial charge in [-0.25, -0.2) is 5.01 Å². The van der Waals surface area contributed by atoms with Crippen LogP contribution in [0, 0.1) is 16.0 Å². The van der Waals surface area contributed by atoms with E-state index in [1.165, 1.54) is 24.3 Å². The van der Waals surface area contributed by atoms with Crippen molar-refractivity contribution in [1.29, 1.82) is 0 Å². The standard InChI is InChI=1S/C14H15N3O5/c1-3-22-13(18)8-12-9(2)15-16(14(12)19)10-4-6-11(7-5-10)17(20)21/h4-7,12H,3,8H2,1-2H3. The van der Waals surface area contributed by atoms with Gasteiger partial charge in [-0.3, -0.25) is 19.7 Å². The number of anilines is 1. The molecule has 0 fully saturated rings. The van der Waals surface area contributed by atoms with Crippen LogP contribution in [0.3, 0.4) is 0 Å². The molecule has 22 heavy (non-hydrogen) atoms. The Bertz CT molecular complexity index is 638. The highest BCUT2D eigenvalue weighted by Gasteiger charge is 2.36. The van der Waals surface area contributed by atoms with Crippen molar-refractivity contribution >= 4 is 29.0 Å². The van der Waals surface area contributed by atoms with E-state index in [9.17, 15) is 19.7 Å². The second kappa shape index (κ2) is 6.33. The summed E-state index contributed by atoms with van der Waals surface area (Å²) in [6, 6.07) is 5.48. The van der Waals surface area contributed by atoms with Gasteiger partial charge in [0.25, 0.3) is 11.6 Å². The summed E-state index contributed by atoms with van der Waals surface area (Å²) < 4.78 is 4.84. The van der Waals surface area contributed by atoms with Crippen molar-refractivity contribution in [2.45, 2.75) is 20.3 Å². The van der Waals surface area contributed by atoms with E-state index in [1.54, 1.807) is 13.8 Å². The fourth-order valence-corrected chi connectivity index (χ4v) is 2.13. The molecule has 0 spiro atoms. The molecule has 0 radical (unpaired) electrons. The first-order chi connectivity index (χ1) is 10.4. The molecule has 0 saturated heterocycles. The summed E-state index contributed by atoms with van der Waals surface area (Å²) in [4.78, 5) is 34.0. The Labute approximate surface area is 126 Å². The molecule has 0 aromatic heterocycles. The maximum absolute atomic E-state index is 12.3. The van der Waals surface area contributed by atoms with E-state index in [0.717, 1.165) is 5.01 Å². The van der Waals surface area contributed by atoms with Crippen LogP contribution in [-0.4, -0.2) is 29.1 Å².